The smallest absolute Gasteiger partial charge is 0.256 e. The van der Waals surface area contributed by atoms with Crippen LogP contribution in [-0.4, -0.2) is 18.3 Å². The van der Waals surface area contributed by atoms with Crippen molar-refractivity contribution in [2.75, 3.05) is 12.4 Å². The lowest BCUT2D eigenvalue weighted by Crippen LogP contribution is -2.38. The van der Waals surface area contributed by atoms with Gasteiger partial charge in [-0.3, -0.25) is 4.79 Å². The third kappa shape index (κ3) is 3.39. The largest absolute Gasteiger partial charge is 0.452 e. The maximum atomic E-state index is 11.8. The number of carbonyl (C=O) groups is 1. The van der Waals surface area contributed by atoms with Crippen molar-refractivity contribution in [2.45, 2.75) is 26.7 Å². The number of hydrogen-bond donors (Lipinski definition) is 1. The molecular weight excluding hydrogens is 261 g/mol. The number of furan rings is 1. The summed E-state index contributed by atoms with van der Waals surface area (Å²) in [7, 11) is 0. The highest BCUT2D eigenvalue weighted by molar-refractivity contribution is 6.32. The van der Waals surface area contributed by atoms with Crippen LogP contribution in [0.25, 0.3) is 0 Å². The predicted molar refractivity (Wildman–Crippen MR) is 69.8 cm³/mol. The molecule has 0 aliphatic heterocycles. The Bertz CT molecular complexity index is 364. The van der Waals surface area contributed by atoms with Gasteiger partial charge < -0.3 is 9.73 Å². The van der Waals surface area contributed by atoms with Crippen LogP contribution in [0.2, 0.25) is 5.22 Å². The molecule has 0 aliphatic carbocycles. The molecule has 0 fully saturated rings. The molecule has 0 saturated heterocycles. The molecule has 0 bridgehead atoms. The first-order chi connectivity index (χ1) is 8.08. The van der Waals surface area contributed by atoms with Crippen LogP contribution in [0.3, 0.4) is 0 Å². The molecule has 1 heterocycles. The van der Waals surface area contributed by atoms with Crippen molar-refractivity contribution in [3.63, 3.8) is 0 Å². The molecule has 0 aliphatic rings. The molecule has 0 radical (unpaired) electrons. The lowest BCUT2D eigenvalue weighted by molar-refractivity contribution is 0.0931. The maximum Gasteiger partial charge on any atom is 0.256 e. The first-order valence-corrected chi connectivity index (χ1v) is 6.57. The third-order valence-corrected chi connectivity index (χ3v) is 4.13. The van der Waals surface area contributed by atoms with Crippen LogP contribution in [0.1, 0.15) is 37.0 Å². The van der Waals surface area contributed by atoms with Gasteiger partial charge in [-0.1, -0.05) is 13.8 Å². The first kappa shape index (κ1) is 14.4. The summed E-state index contributed by atoms with van der Waals surface area (Å²) in [5.74, 6) is 0.305. The number of amides is 1. The highest BCUT2D eigenvalue weighted by Crippen LogP contribution is 2.27. The zero-order valence-electron chi connectivity index (χ0n) is 10.1. The van der Waals surface area contributed by atoms with Crippen molar-refractivity contribution >= 4 is 29.1 Å². The number of hydrogen-bond acceptors (Lipinski definition) is 2. The molecule has 0 unspecified atom stereocenters. The fraction of sp³-hybridized carbons (Fsp3) is 0.583. The van der Waals surface area contributed by atoms with Gasteiger partial charge in [0, 0.05) is 17.8 Å². The number of alkyl halides is 1. The molecule has 0 spiro atoms. The van der Waals surface area contributed by atoms with Crippen molar-refractivity contribution < 1.29 is 9.21 Å². The number of halogens is 2. The van der Waals surface area contributed by atoms with E-state index in [1.807, 2.05) is 0 Å². The summed E-state index contributed by atoms with van der Waals surface area (Å²) in [6.07, 6.45) is 3.24. The Labute approximate surface area is 111 Å². The predicted octanol–water partition coefficient (Wildman–Crippen LogP) is 3.71. The van der Waals surface area contributed by atoms with Gasteiger partial charge >= 0.3 is 0 Å². The molecule has 1 amide bonds. The van der Waals surface area contributed by atoms with Crippen molar-refractivity contribution in [1.82, 2.24) is 5.32 Å². The average Bonchev–Trinajstić information content (AvgIpc) is 2.78. The number of rotatable bonds is 6. The summed E-state index contributed by atoms with van der Waals surface area (Å²) < 4.78 is 4.88. The minimum Gasteiger partial charge on any atom is -0.452 e. The van der Waals surface area contributed by atoms with Crippen LogP contribution in [0.15, 0.2) is 16.7 Å². The van der Waals surface area contributed by atoms with E-state index < -0.39 is 0 Å². The van der Waals surface area contributed by atoms with E-state index in [4.69, 9.17) is 27.6 Å². The third-order valence-electron chi connectivity index (χ3n) is 3.27. The van der Waals surface area contributed by atoms with Crippen LogP contribution in [-0.2, 0) is 0 Å². The van der Waals surface area contributed by atoms with E-state index in [0.29, 0.717) is 18.0 Å². The van der Waals surface area contributed by atoms with Crippen LogP contribution < -0.4 is 5.32 Å². The van der Waals surface area contributed by atoms with Gasteiger partial charge in [0.1, 0.15) is 0 Å². The Hall–Kier alpha value is -0.670. The molecule has 17 heavy (non-hydrogen) atoms. The molecule has 1 aromatic heterocycles. The quantitative estimate of drug-likeness (QED) is 0.806. The SMILES string of the molecule is CCC(CC)(CCl)CNC(=O)c1ccoc1Cl. The fourth-order valence-corrected chi connectivity index (χ4v) is 2.23. The van der Waals surface area contributed by atoms with E-state index in [-0.39, 0.29) is 16.5 Å². The second-order valence-electron chi connectivity index (χ2n) is 4.13. The first-order valence-electron chi connectivity index (χ1n) is 5.65. The fourth-order valence-electron chi connectivity index (χ4n) is 1.55. The molecule has 5 heteroatoms. The highest BCUT2D eigenvalue weighted by atomic mass is 35.5. The Kier molecular flexibility index (Phi) is 5.34. The van der Waals surface area contributed by atoms with Gasteiger partial charge in [-0.05, 0) is 30.5 Å². The minimum absolute atomic E-state index is 0.0482. The number of nitrogens with one attached hydrogen (secondary N) is 1. The van der Waals surface area contributed by atoms with Gasteiger partial charge in [0.15, 0.2) is 0 Å². The second-order valence-corrected chi connectivity index (χ2v) is 4.74. The lowest BCUT2D eigenvalue weighted by Gasteiger charge is -2.29. The van der Waals surface area contributed by atoms with Crippen molar-refractivity contribution in [2.24, 2.45) is 5.41 Å². The lowest BCUT2D eigenvalue weighted by atomic mass is 9.84. The Morgan fingerprint density at radius 2 is 2.12 bits per heavy atom. The van der Waals surface area contributed by atoms with Gasteiger partial charge in [-0.2, -0.15) is 0 Å². The Morgan fingerprint density at radius 3 is 2.53 bits per heavy atom. The maximum absolute atomic E-state index is 11.8. The van der Waals surface area contributed by atoms with E-state index in [9.17, 15) is 4.79 Å². The normalized spacial score (nSPS) is 11.5. The Balaban J connectivity index is 2.62. The minimum atomic E-state index is -0.222. The summed E-state index contributed by atoms with van der Waals surface area (Å²) in [6.45, 7) is 4.69. The van der Waals surface area contributed by atoms with Gasteiger partial charge in [0.2, 0.25) is 5.22 Å². The van der Waals surface area contributed by atoms with E-state index in [2.05, 4.69) is 19.2 Å². The van der Waals surface area contributed by atoms with Gasteiger partial charge in [-0.25, -0.2) is 0 Å². The van der Waals surface area contributed by atoms with Crippen LogP contribution in [0.5, 0.6) is 0 Å². The van der Waals surface area contributed by atoms with Gasteiger partial charge in [-0.15, -0.1) is 11.6 Å². The monoisotopic (exact) mass is 277 g/mol. The molecule has 0 saturated carbocycles. The summed E-state index contributed by atoms with van der Waals surface area (Å²) in [5, 5.41) is 2.97. The van der Waals surface area contributed by atoms with Crippen LogP contribution >= 0.6 is 23.2 Å². The molecule has 96 valence electrons. The van der Waals surface area contributed by atoms with E-state index in [1.165, 1.54) is 6.26 Å². The van der Waals surface area contributed by atoms with Crippen molar-refractivity contribution in [1.29, 1.82) is 0 Å². The molecule has 0 atom stereocenters. The van der Waals surface area contributed by atoms with Gasteiger partial charge in [0.25, 0.3) is 5.91 Å². The molecule has 3 nitrogen and oxygen atoms in total. The number of carbonyl (C=O) groups excluding carboxylic acids is 1. The van der Waals surface area contributed by atoms with Crippen molar-refractivity contribution in [3.05, 3.63) is 23.1 Å². The molecule has 1 N–H and O–H groups in total. The Morgan fingerprint density at radius 1 is 1.47 bits per heavy atom. The van der Waals surface area contributed by atoms with E-state index in [0.717, 1.165) is 12.8 Å². The zero-order valence-corrected chi connectivity index (χ0v) is 11.6. The highest BCUT2D eigenvalue weighted by Gasteiger charge is 2.26. The summed E-state index contributed by atoms with van der Waals surface area (Å²) in [6, 6.07) is 1.55. The summed E-state index contributed by atoms with van der Waals surface area (Å²) in [4.78, 5) is 11.8. The standard InChI is InChI=1S/C12H17Cl2NO2/c1-3-12(4-2,7-13)8-15-11(16)9-5-6-17-10(9)14/h5-6H,3-4,7-8H2,1-2H3,(H,15,16). The van der Waals surface area contributed by atoms with E-state index >= 15 is 0 Å². The van der Waals surface area contributed by atoms with Gasteiger partial charge in [0.05, 0.1) is 11.8 Å². The zero-order chi connectivity index (χ0) is 12.9. The summed E-state index contributed by atoms with van der Waals surface area (Å²) >= 11 is 11.7. The summed E-state index contributed by atoms with van der Waals surface area (Å²) in [5.41, 5.74) is 0.315. The average molecular weight is 278 g/mol. The molecule has 0 aromatic carbocycles. The van der Waals surface area contributed by atoms with E-state index in [1.54, 1.807) is 6.07 Å². The molecule has 1 aromatic rings. The molecule has 1 rings (SSSR count). The van der Waals surface area contributed by atoms with Crippen molar-refractivity contribution in [3.8, 4) is 0 Å². The molecular formula is C12H17Cl2NO2. The second kappa shape index (κ2) is 6.31. The topological polar surface area (TPSA) is 42.2 Å². The van der Waals surface area contributed by atoms with Crippen LogP contribution in [0, 0.1) is 5.41 Å². The van der Waals surface area contributed by atoms with Crippen LogP contribution in [0.4, 0.5) is 0 Å².